The Labute approximate surface area is 124 Å². The highest BCUT2D eigenvalue weighted by Gasteiger charge is 2.26. The second-order valence-corrected chi connectivity index (χ2v) is 5.42. The van der Waals surface area contributed by atoms with E-state index >= 15 is 0 Å². The number of carboxylic acids is 1. The summed E-state index contributed by atoms with van der Waals surface area (Å²) < 4.78 is 18.7. The Morgan fingerprint density at radius 3 is 2.76 bits per heavy atom. The molecule has 0 aliphatic carbocycles. The zero-order valence-electron chi connectivity index (χ0n) is 12.3. The summed E-state index contributed by atoms with van der Waals surface area (Å²) in [5.74, 6) is -1.13. The van der Waals surface area contributed by atoms with Gasteiger partial charge in [-0.05, 0) is 37.0 Å². The lowest BCUT2D eigenvalue weighted by molar-refractivity contribution is -0.145. The Bertz CT molecular complexity index is 472. The molecule has 1 atom stereocenters. The monoisotopic (exact) mass is 295 g/mol. The summed E-state index contributed by atoms with van der Waals surface area (Å²) in [7, 11) is 0. The van der Waals surface area contributed by atoms with Crippen LogP contribution in [0.15, 0.2) is 24.3 Å². The van der Waals surface area contributed by atoms with Crippen LogP contribution in [0.5, 0.6) is 0 Å². The molecule has 5 heteroatoms. The van der Waals surface area contributed by atoms with Crippen LogP contribution >= 0.6 is 0 Å². The van der Waals surface area contributed by atoms with Gasteiger partial charge in [0, 0.05) is 19.1 Å². The molecule has 1 unspecified atom stereocenters. The van der Waals surface area contributed by atoms with Gasteiger partial charge >= 0.3 is 5.97 Å². The number of hydrogen-bond donors (Lipinski definition) is 1. The summed E-state index contributed by atoms with van der Waals surface area (Å²) in [6, 6.07) is 6.98. The molecule has 1 aliphatic heterocycles. The number of carbonyl (C=O) groups is 1. The molecule has 0 radical (unpaired) electrons. The van der Waals surface area contributed by atoms with Gasteiger partial charge in [0.2, 0.25) is 0 Å². The molecule has 0 aromatic heterocycles. The third-order valence-electron chi connectivity index (χ3n) is 3.98. The van der Waals surface area contributed by atoms with E-state index in [1.165, 1.54) is 6.07 Å². The fraction of sp³-hybridized carbons (Fsp3) is 0.562. The van der Waals surface area contributed by atoms with Crippen LogP contribution in [0.1, 0.15) is 37.8 Å². The third-order valence-corrected chi connectivity index (χ3v) is 3.98. The molecule has 0 spiro atoms. The molecule has 0 bridgehead atoms. The summed E-state index contributed by atoms with van der Waals surface area (Å²) in [5.41, 5.74) is 1.00. The van der Waals surface area contributed by atoms with E-state index < -0.39 is 5.97 Å². The number of halogens is 1. The summed E-state index contributed by atoms with van der Waals surface area (Å²) >= 11 is 0. The maximum absolute atomic E-state index is 13.4. The minimum Gasteiger partial charge on any atom is -0.480 e. The molecular weight excluding hydrogens is 273 g/mol. The second kappa shape index (κ2) is 7.52. The average Bonchev–Trinajstić information content (AvgIpc) is 2.47. The highest BCUT2D eigenvalue weighted by molar-refractivity contribution is 5.68. The van der Waals surface area contributed by atoms with Crippen LogP contribution in [0.2, 0.25) is 0 Å². The number of hydrogen-bond acceptors (Lipinski definition) is 3. The van der Waals surface area contributed by atoms with Crippen molar-refractivity contribution in [2.75, 3.05) is 19.7 Å². The Balaban J connectivity index is 1.92. The fourth-order valence-corrected chi connectivity index (χ4v) is 2.96. The maximum Gasteiger partial charge on any atom is 0.329 e. The van der Waals surface area contributed by atoms with Crippen LogP contribution in [0.3, 0.4) is 0 Å². The van der Waals surface area contributed by atoms with Crippen LogP contribution in [0, 0.1) is 5.82 Å². The molecule has 1 aromatic carbocycles. The van der Waals surface area contributed by atoms with Crippen molar-refractivity contribution in [1.82, 2.24) is 4.90 Å². The molecule has 0 saturated carbocycles. The Hall–Kier alpha value is -1.46. The largest absolute Gasteiger partial charge is 0.480 e. The van der Waals surface area contributed by atoms with Gasteiger partial charge in [0.25, 0.3) is 0 Å². The number of rotatable bonds is 6. The van der Waals surface area contributed by atoms with Gasteiger partial charge in [-0.2, -0.15) is 0 Å². The quantitative estimate of drug-likeness (QED) is 0.876. The molecule has 1 N–H and O–H groups in total. The number of nitrogens with zero attached hydrogens (tertiary/aromatic N) is 1. The lowest BCUT2D eigenvalue weighted by Gasteiger charge is -2.37. The van der Waals surface area contributed by atoms with Gasteiger partial charge in [-0.25, -0.2) is 9.18 Å². The Kier molecular flexibility index (Phi) is 5.70. The lowest BCUT2D eigenvalue weighted by Crippen LogP contribution is -2.39. The van der Waals surface area contributed by atoms with E-state index in [0.717, 1.165) is 37.9 Å². The van der Waals surface area contributed by atoms with E-state index in [0.29, 0.717) is 0 Å². The van der Waals surface area contributed by atoms with Crippen molar-refractivity contribution in [1.29, 1.82) is 0 Å². The standard InChI is InChI=1S/C16H22FNO3/c1-2-15(12-4-3-5-13(17)10-12)18-8-6-14(7-9-18)21-11-16(19)20/h3-5,10,14-15H,2,6-9,11H2,1H3,(H,19,20). The van der Waals surface area contributed by atoms with Crippen LogP contribution in [0.4, 0.5) is 4.39 Å². The van der Waals surface area contributed by atoms with E-state index in [1.807, 2.05) is 6.07 Å². The molecule has 2 rings (SSSR count). The summed E-state index contributed by atoms with van der Waals surface area (Å²) in [6.45, 7) is 3.56. The van der Waals surface area contributed by atoms with Crippen LogP contribution in [0.25, 0.3) is 0 Å². The number of likely N-dealkylation sites (tertiary alicyclic amines) is 1. The average molecular weight is 295 g/mol. The lowest BCUT2D eigenvalue weighted by atomic mass is 9.98. The summed E-state index contributed by atoms with van der Waals surface area (Å²) in [4.78, 5) is 12.8. The smallest absolute Gasteiger partial charge is 0.329 e. The van der Waals surface area contributed by atoms with Crippen molar-refractivity contribution in [3.05, 3.63) is 35.6 Å². The van der Waals surface area contributed by atoms with Gasteiger partial charge in [-0.3, -0.25) is 4.90 Å². The maximum atomic E-state index is 13.4. The van der Waals surface area contributed by atoms with Crippen LogP contribution in [-0.2, 0) is 9.53 Å². The second-order valence-electron chi connectivity index (χ2n) is 5.42. The minimum atomic E-state index is -0.927. The molecule has 1 fully saturated rings. The first-order chi connectivity index (χ1) is 10.1. The number of carboxylic acid groups (broad SMARTS) is 1. The van der Waals surface area contributed by atoms with E-state index in [2.05, 4.69) is 11.8 Å². The van der Waals surface area contributed by atoms with Crippen molar-refractivity contribution in [2.45, 2.75) is 38.3 Å². The number of benzene rings is 1. The molecule has 1 aliphatic rings. The number of ether oxygens (including phenoxy) is 1. The van der Waals surface area contributed by atoms with E-state index in [9.17, 15) is 9.18 Å². The number of piperidine rings is 1. The molecule has 1 heterocycles. The van der Waals surface area contributed by atoms with Gasteiger partial charge in [0.1, 0.15) is 12.4 Å². The molecule has 0 amide bonds. The van der Waals surface area contributed by atoms with Gasteiger partial charge in [0.05, 0.1) is 6.10 Å². The van der Waals surface area contributed by atoms with E-state index in [1.54, 1.807) is 12.1 Å². The van der Waals surface area contributed by atoms with Crippen molar-refractivity contribution in [3.63, 3.8) is 0 Å². The first-order valence-electron chi connectivity index (χ1n) is 7.43. The highest BCUT2D eigenvalue weighted by atomic mass is 19.1. The van der Waals surface area contributed by atoms with E-state index in [4.69, 9.17) is 9.84 Å². The topological polar surface area (TPSA) is 49.8 Å². The van der Waals surface area contributed by atoms with Crippen molar-refractivity contribution in [3.8, 4) is 0 Å². The molecule has 21 heavy (non-hydrogen) atoms. The van der Waals surface area contributed by atoms with Crippen molar-refractivity contribution >= 4 is 5.97 Å². The van der Waals surface area contributed by atoms with Gasteiger partial charge in [0.15, 0.2) is 0 Å². The minimum absolute atomic E-state index is 0.0161. The van der Waals surface area contributed by atoms with Crippen molar-refractivity contribution in [2.24, 2.45) is 0 Å². The van der Waals surface area contributed by atoms with Gasteiger partial charge in [-0.15, -0.1) is 0 Å². The Morgan fingerprint density at radius 2 is 2.19 bits per heavy atom. The SMILES string of the molecule is CCC(c1cccc(F)c1)N1CCC(OCC(=O)O)CC1. The van der Waals surface area contributed by atoms with Gasteiger partial charge < -0.3 is 9.84 Å². The highest BCUT2D eigenvalue weighted by Crippen LogP contribution is 2.28. The Morgan fingerprint density at radius 1 is 1.48 bits per heavy atom. The first kappa shape index (κ1) is 15.9. The molecule has 1 saturated heterocycles. The van der Waals surface area contributed by atoms with Crippen LogP contribution < -0.4 is 0 Å². The zero-order chi connectivity index (χ0) is 15.2. The molecule has 1 aromatic rings. The first-order valence-corrected chi connectivity index (χ1v) is 7.43. The normalized spacial score (nSPS) is 18.6. The molecular formula is C16H22FNO3. The number of aliphatic carboxylic acids is 1. The van der Waals surface area contributed by atoms with E-state index in [-0.39, 0.29) is 24.6 Å². The van der Waals surface area contributed by atoms with Gasteiger partial charge in [-0.1, -0.05) is 19.1 Å². The summed E-state index contributed by atoms with van der Waals surface area (Å²) in [6.07, 6.45) is 2.57. The molecule has 116 valence electrons. The van der Waals surface area contributed by atoms with Crippen LogP contribution in [-0.4, -0.2) is 41.8 Å². The fourth-order valence-electron chi connectivity index (χ4n) is 2.96. The third kappa shape index (κ3) is 4.51. The zero-order valence-corrected chi connectivity index (χ0v) is 12.3. The molecule has 4 nitrogen and oxygen atoms in total. The predicted molar refractivity (Wildman–Crippen MR) is 77.6 cm³/mol. The summed E-state index contributed by atoms with van der Waals surface area (Å²) in [5, 5.41) is 8.63. The predicted octanol–water partition coefficient (Wildman–Crippen LogP) is 2.84. The van der Waals surface area contributed by atoms with Crippen molar-refractivity contribution < 1.29 is 19.0 Å².